The van der Waals surface area contributed by atoms with E-state index >= 15 is 0 Å². The summed E-state index contributed by atoms with van der Waals surface area (Å²) in [5.74, 6) is 0. The van der Waals surface area contributed by atoms with Gasteiger partial charge in [0.1, 0.15) is 5.52 Å². The van der Waals surface area contributed by atoms with Crippen molar-refractivity contribution in [2.45, 2.75) is 13.3 Å². The van der Waals surface area contributed by atoms with Gasteiger partial charge in [-0.25, -0.2) is 4.98 Å². The van der Waals surface area contributed by atoms with Gasteiger partial charge in [0.05, 0.1) is 17.4 Å². The zero-order valence-electron chi connectivity index (χ0n) is 6.86. The lowest BCUT2D eigenvalue weighted by Gasteiger charge is -1.97. The van der Waals surface area contributed by atoms with Crippen molar-refractivity contribution < 1.29 is 0 Å². The topological polar surface area (TPSA) is 38.7 Å². The standard InChI is InChI=1S/C9H9N3/c1-2-7-5-11-8-3-4-10-6-9(8)12-7/h3-6H,2H2,1H3. The lowest BCUT2D eigenvalue weighted by Crippen LogP contribution is -1.90. The van der Waals surface area contributed by atoms with E-state index in [0.717, 1.165) is 23.1 Å². The summed E-state index contributed by atoms with van der Waals surface area (Å²) >= 11 is 0. The molecule has 0 aliphatic carbocycles. The molecule has 0 amide bonds. The Kier molecular flexibility index (Phi) is 1.70. The monoisotopic (exact) mass is 159 g/mol. The molecule has 60 valence electrons. The molecule has 0 spiro atoms. The number of hydrogen-bond acceptors (Lipinski definition) is 3. The summed E-state index contributed by atoms with van der Waals surface area (Å²) < 4.78 is 0. The van der Waals surface area contributed by atoms with Crippen LogP contribution in [0.1, 0.15) is 12.6 Å². The highest BCUT2D eigenvalue weighted by atomic mass is 14.8. The Bertz CT molecular complexity index is 398. The molecule has 0 saturated carbocycles. The Morgan fingerprint density at radius 3 is 3.00 bits per heavy atom. The van der Waals surface area contributed by atoms with E-state index in [1.807, 2.05) is 12.3 Å². The van der Waals surface area contributed by atoms with Crippen molar-refractivity contribution in [1.82, 2.24) is 15.0 Å². The Balaban J connectivity index is 2.67. The van der Waals surface area contributed by atoms with Gasteiger partial charge in [0, 0.05) is 12.4 Å². The molecule has 0 bridgehead atoms. The molecule has 2 aromatic rings. The Morgan fingerprint density at radius 2 is 2.17 bits per heavy atom. The van der Waals surface area contributed by atoms with Crippen LogP contribution in [0.4, 0.5) is 0 Å². The van der Waals surface area contributed by atoms with E-state index in [2.05, 4.69) is 21.9 Å². The van der Waals surface area contributed by atoms with Gasteiger partial charge >= 0.3 is 0 Å². The van der Waals surface area contributed by atoms with Crippen molar-refractivity contribution >= 4 is 11.0 Å². The molecule has 0 unspecified atom stereocenters. The van der Waals surface area contributed by atoms with Crippen molar-refractivity contribution in [2.75, 3.05) is 0 Å². The average Bonchev–Trinajstić information content (AvgIpc) is 2.17. The van der Waals surface area contributed by atoms with E-state index in [9.17, 15) is 0 Å². The first kappa shape index (κ1) is 7.16. The molecular weight excluding hydrogens is 150 g/mol. The molecule has 0 N–H and O–H groups in total. The molecular formula is C9H9N3. The third-order valence-electron chi connectivity index (χ3n) is 1.76. The highest BCUT2D eigenvalue weighted by Gasteiger charge is 1.95. The predicted molar refractivity (Wildman–Crippen MR) is 46.7 cm³/mol. The largest absolute Gasteiger partial charge is 0.262 e. The maximum absolute atomic E-state index is 4.37. The molecule has 12 heavy (non-hydrogen) atoms. The van der Waals surface area contributed by atoms with Gasteiger partial charge in [0.25, 0.3) is 0 Å². The van der Waals surface area contributed by atoms with Crippen molar-refractivity contribution in [3.63, 3.8) is 0 Å². The normalized spacial score (nSPS) is 10.4. The number of pyridine rings is 1. The lowest BCUT2D eigenvalue weighted by atomic mass is 10.3. The van der Waals surface area contributed by atoms with Gasteiger partial charge in [0.15, 0.2) is 0 Å². The van der Waals surface area contributed by atoms with E-state index in [1.165, 1.54) is 0 Å². The molecule has 2 heterocycles. The molecule has 3 nitrogen and oxygen atoms in total. The molecule has 0 aromatic carbocycles. The van der Waals surface area contributed by atoms with Gasteiger partial charge in [-0.1, -0.05) is 6.92 Å². The fourth-order valence-electron chi connectivity index (χ4n) is 1.07. The molecule has 0 radical (unpaired) electrons. The average molecular weight is 159 g/mol. The third-order valence-corrected chi connectivity index (χ3v) is 1.76. The van der Waals surface area contributed by atoms with Gasteiger partial charge in [-0.05, 0) is 12.5 Å². The number of aryl methyl sites for hydroxylation is 1. The Labute approximate surface area is 70.5 Å². The SMILES string of the molecule is CCc1cnc2ccncc2n1. The summed E-state index contributed by atoms with van der Waals surface area (Å²) in [5.41, 5.74) is 2.79. The second-order valence-corrected chi connectivity index (χ2v) is 2.58. The first-order valence-electron chi connectivity index (χ1n) is 3.96. The lowest BCUT2D eigenvalue weighted by molar-refractivity contribution is 1.03. The minimum Gasteiger partial charge on any atom is -0.262 e. The minimum absolute atomic E-state index is 0.872. The predicted octanol–water partition coefficient (Wildman–Crippen LogP) is 1.59. The van der Waals surface area contributed by atoms with Gasteiger partial charge in [-0.3, -0.25) is 9.97 Å². The van der Waals surface area contributed by atoms with Gasteiger partial charge in [0.2, 0.25) is 0 Å². The van der Waals surface area contributed by atoms with Crippen LogP contribution in [0.25, 0.3) is 11.0 Å². The second-order valence-electron chi connectivity index (χ2n) is 2.58. The number of hydrogen-bond donors (Lipinski definition) is 0. The molecule has 0 aliphatic heterocycles. The van der Waals surface area contributed by atoms with Crippen molar-refractivity contribution in [3.8, 4) is 0 Å². The zero-order valence-corrected chi connectivity index (χ0v) is 6.86. The van der Waals surface area contributed by atoms with Crippen LogP contribution in [0.3, 0.4) is 0 Å². The first-order chi connectivity index (χ1) is 5.90. The molecule has 0 saturated heterocycles. The first-order valence-corrected chi connectivity index (χ1v) is 3.96. The number of nitrogens with zero attached hydrogens (tertiary/aromatic N) is 3. The number of fused-ring (bicyclic) bond motifs is 1. The third kappa shape index (κ3) is 1.13. The van der Waals surface area contributed by atoms with Crippen molar-refractivity contribution in [3.05, 3.63) is 30.4 Å². The summed E-state index contributed by atoms with van der Waals surface area (Å²) in [6.45, 7) is 2.06. The summed E-state index contributed by atoms with van der Waals surface area (Å²) in [7, 11) is 0. The van der Waals surface area contributed by atoms with Gasteiger partial charge in [-0.15, -0.1) is 0 Å². The fraction of sp³-hybridized carbons (Fsp3) is 0.222. The van der Waals surface area contributed by atoms with Crippen LogP contribution in [0.15, 0.2) is 24.7 Å². The van der Waals surface area contributed by atoms with E-state index in [0.29, 0.717) is 0 Å². The van der Waals surface area contributed by atoms with Crippen LogP contribution in [0, 0.1) is 0 Å². The molecule has 0 aliphatic rings. The maximum atomic E-state index is 4.37. The molecule has 2 aromatic heterocycles. The second kappa shape index (κ2) is 2.85. The quantitative estimate of drug-likeness (QED) is 0.634. The van der Waals surface area contributed by atoms with Crippen molar-refractivity contribution in [2.24, 2.45) is 0 Å². The van der Waals surface area contributed by atoms with E-state index in [1.54, 1.807) is 12.4 Å². The highest BCUT2D eigenvalue weighted by molar-refractivity contribution is 5.72. The molecule has 3 heteroatoms. The van der Waals surface area contributed by atoms with Crippen LogP contribution in [0.5, 0.6) is 0 Å². The van der Waals surface area contributed by atoms with Gasteiger partial charge < -0.3 is 0 Å². The van der Waals surface area contributed by atoms with Crippen LogP contribution < -0.4 is 0 Å². The smallest absolute Gasteiger partial charge is 0.107 e. The summed E-state index contributed by atoms with van der Waals surface area (Å²) in [6.07, 6.45) is 6.18. The van der Waals surface area contributed by atoms with E-state index in [4.69, 9.17) is 0 Å². The van der Waals surface area contributed by atoms with E-state index in [-0.39, 0.29) is 0 Å². The molecule has 0 fully saturated rings. The summed E-state index contributed by atoms with van der Waals surface area (Å²) in [5, 5.41) is 0. The van der Waals surface area contributed by atoms with Crippen molar-refractivity contribution in [1.29, 1.82) is 0 Å². The Morgan fingerprint density at radius 1 is 1.25 bits per heavy atom. The zero-order chi connectivity index (χ0) is 8.39. The van der Waals surface area contributed by atoms with Gasteiger partial charge in [-0.2, -0.15) is 0 Å². The van der Waals surface area contributed by atoms with E-state index < -0.39 is 0 Å². The molecule has 2 rings (SSSR count). The number of aromatic nitrogens is 3. The van der Waals surface area contributed by atoms with Crippen LogP contribution in [0.2, 0.25) is 0 Å². The molecule has 0 atom stereocenters. The van der Waals surface area contributed by atoms with Crippen LogP contribution in [-0.4, -0.2) is 15.0 Å². The minimum atomic E-state index is 0.872. The maximum Gasteiger partial charge on any atom is 0.107 e. The summed E-state index contributed by atoms with van der Waals surface area (Å²) in [4.78, 5) is 12.6. The Hall–Kier alpha value is -1.51. The summed E-state index contributed by atoms with van der Waals surface area (Å²) in [6, 6.07) is 1.86. The van der Waals surface area contributed by atoms with Crippen LogP contribution in [-0.2, 0) is 6.42 Å². The highest BCUT2D eigenvalue weighted by Crippen LogP contribution is 2.06. The fourth-order valence-corrected chi connectivity index (χ4v) is 1.07. The van der Waals surface area contributed by atoms with Crippen LogP contribution >= 0.6 is 0 Å². The number of rotatable bonds is 1.